The summed E-state index contributed by atoms with van der Waals surface area (Å²) in [5.41, 5.74) is 5.03. The lowest BCUT2D eigenvalue weighted by atomic mass is 9.98. The number of carbonyl (C=O) groups is 1. The predicted octanol–water partition coefficient (Wildman–Crippen LogP) is 4.82. The van der Waals surface area contributed by atoms with E-state index in [0.29, 0.717) is 5.56 Å². The van der Waals surface area contributed by atoms with Crippen LogP contribution in [0.5, 0.6) is 0 Å². The van der Waals surface area contributed by atoms with Gasteiger partial charge in [0.2, 0.25) is 0 Å². The van der Waals surface area contributed by atoms with Crippen LogP contribution in [0.2, 0.25) is 0 Å². The second-order valence-electron chi connectivity index (χ2n) is 6.10. The van der Waals surface area contributed by atoms with Gasteiger partial charge in [-0.3, -0.25) is 4.79 Å². The van der Waals surface area contributed by atoms with Gasteiger partial charge in [-0.2, -0.15) is 0 Å². The Morgan fingerprint density at radius 1 is 0.750 bits per heavy atom. The third-order valence-corrected chi connectivity index (χ3v) is 4.03. The highest BCUT2D eigenvalue weighted by Crippen LogP contribution is 2.22. The Labute approximate surface area is 143 Å². The molecule has 0 bridgehead atoms. The average molecular weight is 315 g/mol. The molecule has 0 radical (unpaired) electrons. The van der Waals surface area contributed by atoms with Gasteiger partial charge in [-0.25, -0.2) is 0 Å². The van der Waals surface area contributed by atoms with Crippen LogP contribution in [-0.4, -0.2) is 5.91 Å². The highest BCUT2D eigenvalue weighted by Gasteiger charge is 2.17. The zero-order chi connectivity index (χ0) is 16.9. The van der Waals surface area contributed by atoms with E-state index in [9.17, 15) is 4.79 Å². The number of aryl methyl sites for hydroxylation is 2. The molecule has 0 aliphatic heterocycles. The summed E-state index contributed by atoms with van der Waals surface area (Å²) < 4.78 is 0. The van der Waals surface area contributed by atoms with E-state index in [1.54, 1.807) is 0 Å². The lowest BCUT2D eigenvalue weighted by molar-refractivity contribution is 0.0943. The zero-order valence-corrected chi connectivity index (χ0v) is 14.0. The fourth-order valence-corrected chi connectivity index (χ4v) is 2.97. The Balaban J connectivity index is 1.93. The van der Waals surface area contributed by atoms with Crippen molar-refractivity contribution in [3.63, 3.8) is 0 Å². The Bertz CT molecular complexity index is 765. The summed E-state index contributed by atoms with van der Waals surface area (Å²) in [7, 11) is 0. The summed E-state index contributed by atoms with van der Waals surface area (Å²) in [6, 6.07) is 25.9. The first kappa shape index (κ1) is 16.0. The first-order valence-electron chi connectivity index (χ1n) is 8.12. The summed E-state index contributed by atoms with van der Waals surface area (Å²) >= 11 is 0. The van der Waals surface area contributed by atoms with Crippen molar-refractivity contribution in [2.75, 3.05) is 0 Å². The number of amides is 1. The molecule has 2 nitrogen and oxygen atoms in total. The summed E-state index contributed by atoms with van der Waals surface area (Å²) in [5, 5.41) is 3.18. The smallest absolute Gasteiger partial charge is 0.252 e. The van der Waals surface area contributed by atoms with Crippen molar-refractivity contribution >= 4 is 5.91 Å². The quantitative estimate of drug-likeness (QED) is 0.734. The van der Waals surface area contributed by atoms with Gasteiger partial charge in [0.25, 0.3) is 5.91 Å². The Kier molecular flexibility index (Phi) is 4.76. The SMILES string of the molecule is Cc1cc(C)cc(C(=O)NC(c2ccccc2)c2ccccc2)c1. The highest BCUT2D eigenvalue weighted by molar-refractivity contribution is 5.95. The molecule has 1 amide bonds. The lowest BCUT2D eigenvalue weighted by Crippen LogP contribution is -2.29. The molecule has 2 heteroatoms. The molecule has 0 aliphatic rings. The zero-order valence-electron chi connectivity index (χ0n) is 14.0. The fourth-order valence-electron chi connectivity index (χ4n) is 2.97. The highest BCUT2D eigenvalue weighted by atomic mass is 16.1. The van der Waals surface area contributed by atoms with Crippen molar-refractivity contribution in [3.8, 4) is 0 Å². The monoisotopic (exact) mass is 315 g/mol. The van der Waals surface area contributed by atoms with Crippen molar-refractivity contribution in [1.82, 2.24) is 5.32 Å². The molecule has 0 fully saturated rings. The first-order valence-corrected chi connectivity index (χ1v) is 8.12. The molecule has 1 N–H and O–H groups in total. The third kappa shape index (κ3) is 3.72. The van der Waals surface area contributed by atoms with E-state index >= 15 is 0 Å². The fraction of sp³-hybridized carbons (Fsp3) is 0.136. The molecule has 0 saturated carbocycles. The van der Waals surface area contributed by atoms with Crippen LogP contribution in [0.15, 0.2) is 78.9 Å². The summed E-state index contributed by atoms with van der Waals surface area (Å²) in [5.74, 6) is -0.0560. The Morgan fingerprint density at radius 3 is 1.67 bits per heavy atom. The van der Waals surface area contributed by atoms with Crippen LogP contribution in [0.3, 0.4) is 0 Å². The standard InChI is InChI=1S/C22H21NO/c1-16-13-17(2)15-20(14-16)22(24)23-21(18-9-5-3-6-10-18)19-11-7-4-8-12-19/h3-15,21H,1-2H3,(H,23,24). The van der Waals surface area contributed by atoms with E-state index in [1.807, 2.05) is 86.6 Å². The summed E-state index contributed by atoms with van der Waals surface area (Å²) in [4.78, 5) is 12.8. The van der Waals surface area contributed by atoms with Crippen LogP contribution in [0.1, 0.15) is 38.7 Å². The molecule has 24 heavy (non-hydrogen) atoms. The summed E-state index contributed by atoms with van der Waals surface area (Å²) in [6.45, 7) is 4.02. The van der Waals surface area contributed by atoms with Crippen LogP contribution < -0.4 is 5.32 Å². The van der Waals surface area contributed by atoms with E-state index in [4.69, 9.17) is 0 Å². The van der Waals surface area contributed by atoms with Crippen molar-refractivity contribution in [3.05, 3.63) is 107 Å². The molecule has 0 saturated heterocycles. The number of carbonyl (C=O) groups excluding carboxylic acids is 1. The summed E-state index contributed by atoms with van der Waals surface area (Å²) in [6.07, 6.45) is 0. The van der Waals surface area contributed by atoms with Crippen molar-refractivity contribution in [2.45, 2.75) is 19.9 Å². The number of rotatable bonds is 4. The number of nitrogens with one attached hydrogen (secondary N) is 1. The Hall–Kier alpha value is -2.87. The predicted molar refractivity (Wildman–Crippen MR) is 98.1 cm³/mol. The van der Waals surface area contributed by atoms with E-state index < -0.39 is 0 Å². The number of hydrogen-bond acceptors (Lipinski definition) is 1. The molecule has 0 atom stereocenters. The van der Waals surface area contributed by atoms with Crippen molar-refractivity contribution < 1.29 is 4.79 Å². The minimum atomic E-state index is -0.166. The second-order valence-corrected chi connectivity index (χ2v) is 6.10. The maximum Gasteiger partial charge on any atom is 0.252 e. The van der Waals surface area contributed by atoms with Gasteiger partial charge in [-0.05, 0) is 37.1 Å². The second kappa shape index (κ2) is 7.14. The molecular weight excluding hydrogens is 294 g/mol. The normalized spacial score (nSPS) is 10.6. The van der Waals surface area contributed by atoms with Crippen LogP contribution in [0.4, 0.5) is 0 Å². The van der Waals surface area contributed by atoms with E-state index in [1.165, 1.54) is 0 Å². The molecule has 0 spiro atoms. The van der Waals surface area contributed by atoms with E-state index in [2.05, 4.69) is 11.4 Å². The van der Waals surface area contributed by atoms with Crippen LogP contribution in [-0.2, 0) is 0 Å². The number of hydrogen-bond donors (Lipinski definition) is 1. The molecule has 0 unspecified atom stereocenters. The third-order valence-electron chi connectivity index (χ3n) is 4.03. The van der Waals surface area contributed by atoms with Gasteiger partial charge in [-0.1, -0.05) is 77.9 Å². The van der Waals surface area contributed by atoms with Crippen LogP contribution in [0, 0.1) is 13.8 Å². The molecule has 0 aromatic heterocycles. The molecule has 0 aliphatic carbocycles. The average Bonchev–Trinajstić information content (AvgIpc) is 2.60. The van der Waals surface area contributed by atoms with E-state index in [0.717, 1.165) is 22.3 Å². The van der Waals surface area contributed by atoms with Gasteiger partial charge >= 0.3 is 0 Å². The van der Waals surface area contributed by atoms with Crippen LogP contribution in [0.25, 0.3) is 0 Å². The van der Waals surface area contributed by atoms with Crippen molar-refractivity contribution in [2.24, 2.45) is 0 Å². The van der Waals surface area contributed by atoms with Crippen LogP contribution >= 0.6 is 0 Å². The van der Waals surface area contributed by atoms with Gasteiger partial charge in [0, 0.05) is 5.56 Å². The molecule has 120 valence electrons. The molecule has 3 aromatic rings. The largest absolute Gasteiger partial charge is 0.341 e. The minimum absolute atomic E-state index is 0.0560. The maximum absolute atomic E-state index is 12.8. The van der Waals surface area contributed by atoms with Gasteiger partial charge in [-0.15, -0.1) is 0 Å². The van der Waals surface area contributed by atoms with Gasteiger partial charge in [0.1, 0.15) is 0 Å². The Morgan fingerprint density at radius 2 is 1.21 bits per heavy atom. The number of benzene rings is 3. The van der Waals surface area contributed by atoms with Gasteiger partial charge in [0.05, 0.1) is 6.04 Å². The maximum atomic E-state index is 12.8. The van der Waals surface area contributed by atoms with E-state index in [-0.39, 0.29) is 11.9 Å². The molecule has 3 aromatic carbocycles. The van der Waals surface area contributed by atoms with Crippen molar-refractivity contribution in [1.29, 1.82) is 0 Å². The molecular formula is C22H21NO. The topological polar surface area (TPSA) is 29.1 Å². The molecule has 0 heterocycles. The molecule has 3 rings (SSSR count). The van der Waals surface area contributed by atoms with Gasteiger partial charge in [0.15, 0.2) is 0 Å². The first-order chi connectivity index (χ1) is 11.6. The lowest BCUT2D eigenvalue weighted by Gasteiger charge is -2.20. The van der Waals surface area contributed by atoms with Gasteiger partial charge < -0.3 is 5.32 Å². The minimum Gasteiger partial charge on any atom is -0.341 e.